The van der Waals surface area contributed by atoms with Crippen molar-refractivity contribution in [3.8, 4) is 0 Å². The minimum Gasteiger partial charge on any atom is -0.318 e. The van der Waals surface area contributed by atoms with Gasteiger partial charge in [0.15, 0.2) is 0 Å². The van der Waals surface area contributed by atoms with Crippen LogP contribution < -0.4 is 5.32 Å². The summed E-state index contributed by atoms with van der Waals surface area (Å²) in [6.07, 6.45) is 1.08. The summed E-state index contributed by atoms with van der Waals surface area (Å²) in [5, 5.41) is 3.43. The third kappa shape index (κ3) is 2.36. The molecule has 2 rings (SSSR count). The van der Waals surface area contributed by atoms with Crippen molar-refractivity contribution in [2.45, 2.75) is 12.4 Å². The van der Waals surface area contributed by atoms with Gasteiger partial charge in [-0.1, -0.05) is 24.3 Å². The quantitative estimate of drug-likeness (QED) is 0.626. The Morgan fingerprint density at radius 3 is 3.00 bits per heavy atom. The average molecular weight is 186 g/mol. The van der Waals surface area contributed by atoms with Gasteiger partial charge in [-0.3, -0.25) is 0 Å². The van der Waals surface area contributed by atoms with Crippen molar-refractivity contribution in [1.82, 2.24) is 5.32 Å². The predicted molar refractivity (Wildman–Crippen MR) is 69.7 cm³/mol. The van der Waals surface area contributed by atoms with E-state index in [9.17, 15) is 0 Å². The molecule has 0 saturated heterocycles. The molecule has 6 heteroatoms. The molecule has 0 spiro atoms. The number of hydrogen-bond acceptors (Lipinski definition) is 1. The van der Waals surface area contributed by atoms with Crippen LogP contribution in [0, 0.1) is 0 Å². The first-order chi connectivity index (χ1) is 7.33. The van der Waals surface area contributed by atoms with Gasteiger partial charge in [0.05, 0.1) is 6.49 Å². The molecule has 0 fully saturated rings. The van der Waals surface area contributed by atoms with Gasteiger partial charge in [-0.25, -0.2) is 0 Å². The lowest BCUT2D eigenvalue weighted by Gasteiger charge is -2.31. The van der Waals surface area contributed by atoms with Gasteiger partial charge in [0.1, 0.15) is 0 Å². The molecule has 1 heterocycles. The fraction of sp³-hybridized carbons (Fsp3) is 0.333. The highest BCUT2D eigenvalue weighted by Crippen LogP contribution is 2.23. The third-order valence-electron chi connectivity index (χ3n) is 2.87. The molecule has 1 nitrogen and oxygen atoms in total. The fourth-order valence-corrected chi connectivity index (χ4v) is 2.12. The summed E-state index contributed by atoms with van der Waals surface area (Å²) < 4.78 is 0. The smallest absolute Gasteiger partial charge is 0.0720 e. The summed E-state index contributed by atoms with van der Waals surface area (Å²) in [5.41, 5.74) is 2.69. The second-order valence-electron chi connectivity index (χ2n) is 3.84. The molecular weight excluding hydrogens is 176 g/mol. The Bertz CT molecular complexity index is 332. The lowest BCUT2D eigenvalue weighted by molar-refractivity contribution is 0.619. The maximum atomic E-state index is 6.04. The minimum absolute atomic E-state index is 0.0588. The third-order valence-corrected chi connectivity index (χ3v) is 2.87. The highest BCUT2D eigenvalue weighted by atomic mass is 14.9. The topological polar surface area (TPSA) is 12.0 Å². The maximum absolute atomic E-state index is 6.04. The Labute approximate surface area is 96.1 Å². The van der Waals surface area contributed by atoms with Crippen LogP contribution in [0.3, 0.4) is 0 Å². The molecule has 1 aromatic rings. The number of rotatable bonds is 3. The van der Waals surface area contributed by atoms with E-state index in [4.69, 9.17) is 15.5 Å². The van der Waals surface area contributed by atoms with Crippen molar-refractivity contribution in [3.05, 3.63) is 35.4 Å². The number of fused-ring (bicyclic) bond motifs is 1. The van der Waals surface area contributed by atoms with Crippen LogP contribution in [0.25, 0.3) is 0 Å². The van der Waals surface area contributed by atoms with E-state index in [1.165, 1.54) is 18.2 Å². The molecule has 66 valence electrons. The molecular formula is C9H10B5N. The Morgan fingerprint density at radius 2 is 2.20 bits per heavy atom. The second-order valence-corrected chi connectivity index (χ2v) is 3.84. The molecule has 1 aliphatic rings. The van der Waals surface area contributed by atoms with Crippen molar-refractivity contribution < 1.29 is 0 Å². The SMILES string of the molecule is [B][B][B]B([B])C1NCCc2ccccc21. The van der Waals surface area contributed by atoms with E-state index in [1.54, 1.807) is 0 Å². The van der Waals surface area contributed by atoms with E-state index in [0.29, 0.717) is 0 Å². The highest BCUT2D eigenvalue weighted by molar-refractivity contribution is 7.55. The van der Waals surface area contributed by atoms with Crippen LogP contribution in [0.4, 0.5) is 0 Å². The Balaban J connectivity index is 2.21. The lowest BCUT2D eigenvalue weighted by Crippen LogP contribution is -2.46. The summed E-state index contributed by atoms with van der Waals surface area (Å²) in [4.78, 5) is 0. The Kier molecular flexibility index (Phi) is 3.68. The van der Waals surface area contributed by atoms with Gasteiger partial charge in [-0.2, -0.15) is 0 Å². The lowest BCUT2D eigenvalue weighted by atomic mass is 8.96. The minimum atomic E-state index is -0.0588. The average Bonchev–Trinajstić information content (AvgIpc) is 2.28. The predicted octanol–water partition coefficient (Wildman–Crippen LogP) is -0.524. The van der Waals surface area contributed by atoms with Crippen LogP contribution in [-0.2, 0) is 6.42 Å². The number of nitrogens with one attached hydrogen (secondary N) is 1. The zero-order chi connectivity index (χ0) is 10.7. The largest absolute Gasteiger partial charge is 0.318 e. The summed E-state index contributed by atoms with van der Waals surface area (Å²) in [6.45, 7) is 0.921. The van der Waals surface area contributed by atoms with Gasteiger partial charge >= 0.3 is 0 Å². The van der Waals surface area contributed by atoms with E-state index in [-0.39, 0.29) is 12.4 Å². The van der Waals surface area contributed by atoms with E-state index >= 15 is 0 Å². The molecule has 1 aromatic carbocycles. The monoisotopic (exact) mass is 187 g/mol. The molecule has 0 aromatic heterocycles. The van der Waals surface area contributed by atoms with E-state index in [1.807, 2.05) is 7.06 Å². The van der Waals surface area contributed by atoms with E-state index in [2.05, 4.69) is 29.6 Å². The first kappa shape index (κ1) is 11.0. The molecule has 15 heavy (non-hydrogen) atoms. The molecule has 0 amide bonds. The molecule has 6 radical (unpaired) electrons. The van der Waals surface area contributed by atoms with Gasteiger partial charge in [-0.15, -0.1) is 0 Å². The second kappa shape index (κ2) is 5.02. The van der Waals surface area contributed by atoms with Gasteiger partial charge in [0, 0.05) is 29.6 Å². The summed E-state index contributed by atoms with van der Waals surface area (Å²) in [5.74, 6) is 0.190. The van der Waals surface area contributed by atoms with Crippen molar-refractivity contribution in [2.75, 3.05) is 6.54 Å². The van der Waals surface area contributed by atoms with E-state index in [0.717, 1.165) is 13.0 Å². The summed E-state index contributed by atoms with van der Waals surface area (Å²) >= 11 is 0. The molecule has 0 saturated carbocycles. The first-order valence-electron chi connectivity index (χ1n) is 5.28. The fourth-order valence-electron chi connectivity index (χ4n) is 2.12. The standard InChI is InChI=1S/C9H10B5N/c10-12-13-14(11)9-8-4-2-1-3-7(8)5-6-15-9/h1-4,9,15H,5-6H2. The molecule has 1 N–H and O–H groups in total. The van der Waals surface area contributed by atoms with Crippen molar-refractivity contribution >= 4 is 36.1 Å². The highest BCUT2D eigenvalue weighted by Gasteiger charge is 2.24. The Morgan fingerprint density at radius 1 is 1.40 bits per heavy atom. The van der Waals surface area contributed by atoms with Crippen LogP contribution in [0.2, 0.25) is 0 Å². The molecule has 1 atom stereocenters. The zero-order valence-corrected chi connectivity index (χ0v) is 8.69. The van der Waals surface area contributed by atoms with Gasteiger partial charge < -0.3 is 5.32 Å². The van der Waals surface area contributed by atoms with E-state index < -0.39 is 0 Å². The van der Waals surface area contributed by atoms with Crippen LogP contribution in [0.5, 0.6) is 0 Å². The molecule has 1 unspecified atom stereocenters. The van der Waals surface area contributed by atoms with Gasteiger partial charge in [0.2, 0.25) is 0 Å². The van der Waals surface area contributed by atoms with Crippen molar-refractivity contribution in [1.29, 1.82) is 0 Å². The molecule has 1 aliphatic heterocycles. The molecule has 0 bridgehead atoms. The van der Waals surface area contributed by atoms with Crippen LogP contribution >= 0.6 is 0 Å². The zero-order valence-electron chi connectivity index (χ0n) is 8.69. The van der Waals surface area contributed by atoms with Crippen LogP contribution in [0.15, 0.2) is 24.3 Å². The van der Waals surface area contributed by atoms with Gasteiger partial charge in [-0.05, 0) is 30.0 Å². The Hall–Kier alpha value is -0.495. The first-order valence-corrected chi connectivity index (χ1v) is 5.28. The number of benzene rings is 1. The summed E-state index contributed by atoms with van der Waals surface area (Å²) in [7, 11) is 14.8. The van der Waals surface area contributed by atoms with Crippen LogP contribution in [0.1, 0.15) is 17.1 Å². The van der Waals surface area contributed by atoms with Gasteiger partial charge in [0.25, 0.3) is 0 Å². The van der Waals surface area contributed by atoms with Crippen molar-refractivity contribution in [3.63, 3.8) is 0 Å². The normalized spacial score (nSPS) is 19.1. The maximum Gasteiger partial charge on any atom is 0.0720 e. The number of hydrogen-bond donors (Lipinski definition) is 1. The molecule has 0 aliphatic carbocycles. The summed E-state index contributed by atoms with van der Waals surface area (Å²) in [6, 6.07) is 8.43. The van der Waals surface area contributed by atoms with Crippen LogP contribution in [-0.4, -0.2) is 42.6 Å². The van der Waals surface area contributed by atoms with Crippen molar-refractivity contribution in [2.24, 2.45) is 0 Å².